The Hall–Kier alpha value is -1.28. The second-order valence-corrected chi connectivity index (χ2v) is 9.35. The minimum Gasteiger partial charge on any atom is -0.490 e. The number of ether oxygens (including phenoxy) is 2. The zero-order valence-corrected chi connectivity index (χ0v) is 19.8. The molecule has 2 nitrogen and oxygen atoms in total. The molecule has 0 amide bonds. The number of epoxide rings is 1. The second kappa shape index (κ2) is 15.5. The molecule has 1 aromatic carbocycles. The summed E-state index contributed by atoms with van der Waals surface area (Å²) in [5.41, 5.74) is 1.11. The van der Waals surface area contributed by atoms with Gasteiger partial charge in [0.1, 0.15) is 18.0 Å². The molecular weight excluding hydrogens is 368 g/mol. The fourth-order valence-corrected chi connectivity index (χ4v) is 3.85. The van der Waals surface area contributed by atoms with Gasteiger partial charge in [0.2, 0.25) is 0 Å². The molecule has 0 saturated carbocycles. The topological polar surface area (TPSA) is 21.8 Å². The summed E-state index contributed by atoms with van der Waals surface area (Å²) < 4.78 is 11.4. The van der Waals surface area contributed by atoms with E-state index < -0.39 is 0 Å². The van der Waals surface area contributed by atoms with Gasteiger partial charge >= 0.3 is 0 Å². The highest BCUT2D eigenvalue weighted by atomic mass is 16.6. The predicted molar refractivity (Wildman–Crippen MR) is 130 cm³/mol. The van der Waals surface area contributed by atoms with Crippen molar-refractivity contribution in [2.24, 2.45) is 0 Å². The van der Waals surface area contributed by atoms with Crippen LogP contribution in [0, 0.1) is 0 Å². The molecule has 0 aliphatic carbocycles. The highest BCUT2D eigenvalue weighted by molar-refractivity contribution is 5.57. The van der Waals surface area contributed by atoms with E-state index in [-0.39, 0.29) is 5.60 Å². The zero-order valence-electron chi connectivity index (χ0n) is 19.8. The van der Waals surface area contributed by atoms with Crippen LogP contribution in [0.4, 0.5) is 0 Å². The molecule has 0 N–H and O–H groups in total. The summed E-state index contributed by atoms with van der Waals surface area (Å²) in [6.07, 6.45) is 25.5. The van der Waals surface area contributed by atoms with Crippen molar-refractivity contribution < 1.29 is 9.47 Å². The first kappa shape index (κ1) is 25.0. The normalized spacial score (nSPS) is 18.2. The quantitative estimate of drug-likeness (QED) is 0.167. The van der Waals surface area contributed by atoms with E-state index in [9.17, 15) is 0 Å². The van der Waals surface area contributed by atoms with Gasteiger partial charge in [-0.05, 0) is 25.8 Å². The average molecular weight is 415 g/mol. The van der Waals surface area contributed by atoms with Crippen LogP contribution in [0.1, 0.15) is 116 Å². The molecule has 1 saturated heterocycles. The lowest BCUT2D eigenvalue weighted by Crippen LogP contribution is -2.17. The van der Waals surface area contributed by atoms with Crippen molar-refractivity contribution in [2.45, 2.75) is 116 Å². The lowest BCUT2D eigenvalue weighted by Gasteiger charge is -2.11. The van der Waals surface area contributed by atoms with Gasteiger partial charge in [-0.2, -0.15) is 0 Å². The van der Waals surface area contributed by atoms with Gasteiger partial charge in [0.25, 0.3) is 0 Å². The van der Waals surface area contributed by atoms with Crippen molar-refractivity contribution in [3.05, 3.63) is 35.9 Å². The Morgan fingerprint density at radius 2 is 1.37 bits per heavy atom. The van der Waals surface area contributed by atoms with Crippen molar-refractivity contribution in [1.82, 2.24) is 0 Å². The summed E-state index contributed by atoms with van der Waals surface area (Å²) in [6, 6.07) is 8.30. The predicted octanol–water partition coefficient (Wildman–Crippen LogP) is 8.74. The maximum atomic E-state index is 5.97. The van der Waals surface area contributed by atoms with Gasteiger partial charge in [0.15, 0.2) is 0 Å². The van der Waals surface area contributed by atoms with Crippen LogP contribution in [0.25, 0.3) is 6.08 Å². The fourth-order valence-electron chi connectivity index (χ4n) is 3.85. The SMILES string of the molecule is CCCCCCCCCCCCCCCC/C=C/c1ccccc1OCC1(C)CO1. The van der Waals surface area contributed by atoms with Gasteiger partial charge in [-0.15, -0.1) is 0 Å². The lowest BCUT2D eigenvalue weighted by atomic mass is 10.0. The summed E-state index contributed by atoms with van der Waals surface area (Å²) in [5.74, 6) is 0.964. The Morgan fingerprint density at radius 3 is 1.93 bits per heavy atom. The van der Waals surface area contributed by atoms with E-state index in [2.05, 4.69) is 44.2 Å². The van der Waals surface area contributed by atoms with Crippen LogP contribution in [0.3, 0.4) is 0 Å². The Bertz CT molecular complexity index is 574. The Labute approximate surface area is 186 Å². The molecule has 1 fully saturated rings. The monoisotopic (exact) mass is 414 g/mol. The van der Waals surface area contributed by atoms with Crippen molar-refractivity contribution in [3.63, 3.8) is 0 Å². The smallest absolute Gasteiger partial charge is 0.126 e. The third-order valence-corrected chi connectivity index (χ3v) is 6.11. The van der Waals surface area contributed by atoms with E-state index in [1.807, 2.05) is 6.07 Å². The summed E-state index contributed by atoms with van der Waals surface area (Å²) in [7, 11) is 0. The third kappa shape index (κ3) is 11.8. The Morgan fingerprint density at radius 1 is 0.833 bits per heavy atom. The highest BCUT2D eigenvalue weighted by Crippen LogP contribution is 2.28. The average Bonchev–Trinajstić information content (AvgIpc) is 3.50. The van der Waals surface area contributed by atoms with Gasteiger partial charge in [-0.1, -0.05) is 121 Å². The number of benzene rings is 1. The van der Waals surface area contributed by atoms with Gasteiger partial charge in [0, 0.05) is 5.56 Å². The lowest BCUT2D eigenvalue weighted by molar-refractivity contribution is 0.202. The molecule has 1 atom stereocenters. The molecule has 0 spiro atoms. The number of allylic oxidation sites excluding steroid dienone is 1. The second-order valence-electron chi connectivity index (χ2n) is 9.35. The summed E-state index contributed by atoms with van der Waals surface area (Å²) >= 11 is 0. The minimum atomic E-state index is -0.0644. The van der Waals surface area contributed by atoms with E-state index >= 15 is 0 Å². The van der Waals surface area contributed by atoms with Crippen LogP contribution < -0.4 is 4.74 Å². The number of hydrogen-bond donors (Lipinski definition) is 0. The number of hydrogen-bond acceptors (Lipinski definition) is 2. The standard InChI is InChI=1S/C28H46O2/c1-3-4-5-6-7-8-9-10-11-12-13-14-15-16-17-18-21-26-22-19-20-23-27(26)29-24-28(2)25-30-28/h18-23H,3-17,24-25H2,1-2H3/b21-18+. The van der Waals surface area contributed by atoms with Crippen molar-refractivity contribution >= 4 is 6.08 Å². The number of unbranched alkanes of at least 4 members (excludes halogenated alkanes) is 14. The first-order chi connectivity index (χ1) is 14.7. The summed E-state index contributed by atoms with van der Waals surface area (Å²) in [5, 5.41) is 0. The van der Waals surface area contributed by atoms with Gasteiger partial charge in [-0.3, -0.25) is 0 Å². The van der Waals surface area contributed by atoms with Crippen molar-refractivity contribution in [2.75, 3.05) is 13.2 Å². The molecule has 170 valence electrons. The molecular formula is C28H46O2. The molecule has 1 aliphatic rings. The van der Waals surface area contributed by atoms with E-state index in [1.165, 1.54) is 95.5 Å². The number of para-hydroxylation sites is 1. The summed E-state index contributed by atoms with van der Waals surface area (Å²) in [6.45, 7) is 5.83. The molecule has 0 bridgehead atoms. The van der Waals surface area contributed by atoms with E-state index in [0.29, 0.717) is 6.61 Å². The first-order valence-corrected chi connectivity index (χ1v) is 12.8. The first-order valence-electron chi connectivity index (χ1n) is 12.8. The molecule has 1 aliphatic heterocycles. The summed E-state index contributed by atoms with van der Waals surface area (Å²) in [4.78, 5) is 0. The molecule has 1 heterocycles. The zero-order chi connectivity index (χ0) is 21.3. The highest BCUT2D eigenvalue weighted by Gasteiger charge is 2.40. The molecule has 0 aromatic heterocycles. The van der Waals surface area contributed by atoms with Gasteiger partial charge in [-0.25, -0.2) is 0 Å². The molecule has 2 heteroatoms. The van der Waals surface area contributed by atoms with Crippen LogP contribution >= 0.6 is 0 Å². The van der Waals surface area contributed by atoms with Gasteiger partial charge < -0.3 is 9.47 Å². The minimum absolute atomic E-state index is 0.0644. The Balaban J connectivity index is 1.41. The van der Waals surface area contributed by atoms with Crippen LogP contribution in [0.2, 0.25) is 0 Å². The van der Waals surface area contributed by atoms with E-state index in [4.69, 9.17) is 9.47 Å². The van der Waals surface area contributed by atoms with Crippen LogP contribution in [0.5, 0.6) is 5.75 Å². The molecule has 1 unspecified atom stereocenters. The fraction of sp³-hybridized carbons (Fsp3) is 0.714. The maximum Gasteiger partial charge on any atom is 0.126 e. The van der Waals surface area contributed by atoms with Crippen LogP contribution in [-0.2, 0) is 4.74 Å². The van der Waals surface area contributed by atoms with Gasteiger partial charge in [0.05, 0.1) is 6.61 Å². The third-order valence-electron chi connectivity index (χ3n) is 6.11. The van der Waals surface area contributed by atoms with E-state index in [0.717, 1.165) is 18.8 Å². The van der Waals surface area contributed by atoms with Crippen LogP contribution in [0.15, 0.2) is 30.3 Å². The molecule has 30 heavy (non-hydrogen) atoms. The molecule has 2 rings (SSSR count). The maximum absolute atomic E-state index is 5.97. The largest absolute Gasteiger partial charge is 0.490 e. The van der Waals surface area contributed by atoms with E-state index in [1.54, 1.807) is 0 Å². The van der Waals surface area contributed by atoms with Crippen LogP contribution in [-0.4, -0.2) is 18.8 Å². The van der Waals surface area contributed by atoms with Crippen molar-refractivity contribution in [1.29, 1.82) is 0 Å². The van der Waals surface area contributed by atoms with Crippen molar-refractivity contribution in [3.8, 4) is 5.75 Å². The molecule has 1 aromatic rings. The number of rotatable bonds is 19. The molecule has 0 radical (unpaired) electrons. The Kier molecular flexibility index (Phi) is 12.9.